The topological polar surface area (TPSA) is 23.8 Å². The van der Waals surface area contributed by atoms with Gasteiger partial charge in [0.1, 0.15) is 0 Å². The summed E-state index contributed by atoms with van der Waals surface area (Å²) in [7, 11) is 0. The van der Waals surface area contributed by atoms with E-state index in [4.69, 9.17) is 5.73 Å². The third kappa shape index (κ3) is 10.9. The zero-order valence-electron chi connectivity index (χ0n) is 10.3. The third-order valence-electron chi connectivity index (χ3n) is 1.55. The Balaban J connectivity index is -0.000000222. The number of benzene rings is 1. The van der Waals surface area contributed by atoms with E-state index in [0.29, 0.717) is 0 Å². The van der Waals surface area contributed by atoms with Gasteiger partial charge < -0.3 is 30.5 Å². The molecule has 2 aromatic rings. The first-order chi connectivity index (χ1) is 6.47. The quantitative estimate of drug-likeness (QED) is 0.414. The van der Waals surface area contributed by atoms with Gasteiger partial charge in [0.25, 0.3) is 0 Å². The first-order valence-electron chi connectivity index (χ1n) is 4.82. The average molecular weight is 306 g/mol. The molecule has 0 aliphatic carbocycles. The number of fused-ring (bicyclic) bond motifs is 1. The molecule has 0 heterocycles. The maximum Gasteiger partial charge on any atom is 4.00 e. The first-order valence-corrected chi connectivity index (χ1v) is 4.82. The molecule has 0 spiro atoms. The molecule has 0 fully saturated rings. The summed E-state index contributed by atoms with van der Waals surface area (Å²) in [6.07, 6.45) is 0. The van der Waals surface area contributed by atoms with Crippen molar-refractivity contribution in [3.05, 3.63) is 48.2 Å². The van der Waals surface area contributed by atoms with Gasteiger partial charge in [-0.15, -0.1) is 35.2 Å². The van der Waals surface area contributed by atoms with Crippen molar-refractivity contribution in [2.75, 3.05) is 0 Å². The van der Waals surface area contributed by atoms with Crippen LogP contribution in [0.4, 0.5) is 0 Å². The number of halogens is 2. The summed E-state index contributed by atoms with van der Waals surface area (Å²) in [5.41, 5.74) is 6.69. The fourth-order valence-corrected chi connectivity index (χ4v) is 1.07. The van der Waals surface area contributed by atoms with Gasteiger partial charge in [-0.3, -0.25) is 0 Å². The average Bonchev–Trinajstić information content (AvgIpc) is 2.47. The van der Waals surface area contributed by atoms with Crippen LogP contribution in [-0.2, 0) is 21.7 Å². The van der Waals surface area contributed by atoms with Crippen LogP contribution in [0.5, 0.6) is 0 Å². The number of rotatable bonds is 0. The molecule has 0 unspecified atom stereocenters. The molecule has 0 saturated carbocycles. The molecule has 4 heteroatoms. The van der Waals surface area contributed by atoms with E-state index >= 15 is 0 Å². The molecule has 1 nitrogen and oxygen atoms in total. The molecule has 0 aliphatic heterocycles. The Bertz CT molecular complexity index is 357. The number of nitrogens with one attached hydrogen (secondary N) is 1. The van der Waals surface area contributed by atoms with E-state index in [2.05, 4.69) is 42.5 Å². The summed E-state index contributed by atoms with van der Waals surface area (Å²) in [6, 6.07) is 14.7. The second-order valence-electron chi connectivity index (χ2n) is 4.40. The van der Waals surface area contributed by atoms with Crippen LogP contribution in [0.3, 0.4) is 0 Å². The smallest absolute Gasteiger partial charge is 1.00 e. The summed E-state index contributed by atoms with van der Waals surface area (Å²) < 4.78 is 0. The van der Waals surface area contributed by atoms with Crippen LogP contribution in [0.15, 0.2) is 42.5 Å². The fraction of sp³-hybridized carbons (Fsp3) is 0.308. The molecule has 0 amide bonds. The number of hydrogen-bond acceptors (Lipinski definition) is 0. The van der Waals surface area contributed by atoms with Gasteiger partial charge in [0.15, 0.2) is 0 Å². The summed E-state index contributed by atoms with van der Waals surface area (Å²) in [5, 5.41) is 2.66. The maximum absolute atomic E-state index is 6.94. The van der Waals surface area contributed by atoms with Crippen LogP contribution in [0.1, 0.15) is 20.8 Å². The van der Waals surface area contributed by atoms with E-state index in [1.54, 1.807) is 0 Å². The Kier molecular flexibility index (Phi) is 13.2. The molecule has 0 saturated heterocycles. The first kappa shape index (κ1) is 22.3. The van der Waals surface area contributed by atoms with Crippen LogP contribution < -0.4 is 24.8 Å². The van der Waals surface area contributed by atoms with Crippen molar-refractivity contribution < 1.29 is 46.5 Å². The van der Waals surface area contributed by atoms with E-state index < -0.39 is 0 Å². The summed E-state index contributed by atoms with van der Waals surface area (Å²) in [4.78, 5) is 0. The fourth-order valence-electron chi connectivity index (χ4n) is 1.07. The molecule has 0 aromatic heterocycles. The second kappa shape index (κ2) is 10.0. The van der Waals surface area contributed by atoms with Crippen molar-refractivity contribution in [3.8, 4) is 0 Å². The van der Waals surface area contributed by atoms with Crippen molar-refractivity contribution in [3.63, 3.8) is 0 Å². The SMILES string of the molecule is CC(C)(C)[NH-].[Cl-].[Cl-].[Ti+4].c1ccc2[cH-]ccc2c1. The van der Waals surface area contributed by atoms with Gasteiger partial charge in [-0.2, -0.15) is 17.5 Å². The van der Waals surface area contributed by atoms with E-state index in [-0.39, 0.29) is 52.1 Å². The molecular formula is C13H17Cl2NTi. The van der Waals surface area contributed by atoms with Gasteiger partial charge in [-0.1, -0.05) is 26.8 Å². The largest absolute Gasteiger partial charge is 4.00 e. The van der Waals surface area contributed by atoms with Crippen LogP contribution in [-0.4, -0.2) is 5.54 Å². The van der Waals surface area contributed by atoms with Crippen LogP contribution >= 0.6 is 0 Å². The summed E-state index contributed by atoms with van der Waals surface area (Å²) in [6.45, 7) is 5.56. The molecule has 0 atom stereocenters. The standard InChI is InChI=1S/C9H7.C4H10N.2ClH.Ti/c1-2-5-9-7-3-6-8(9)4-1;1-4(2,3)5;;;/h1-7H;5H,1-3H3;2*1H;/q2*-1;;;+4/p-2. The van der Waals surface area contributed by atoms with Gasteiger partial charge >= 0.3 is 21.7 Å². The zero-order chi connectivity index (χ0) is 10.6. The molecule has 92 valence electrons. The molecule has 17 heavy (non-hydrogen) atoms. The molecule has 0 aliphatic rings. The minimum atomic E-state index is -0.250. The minimum absolute atomic E-state index is 0. The van der Waals surface area contributed by atoms with Gasteiger partial charge in [0.2, 0.25) is 0 Å². The molecule has 0 bridgehead atoms. The van der Waals surface area contributed by atoms with Gasteiger partial charge in [0.05, 0.1) is 0 Å². The van der Waals surface area contributed by atoms with E-state index in [9.17, 15) is 0 Å². The molecule has 0 radical (unpaired) electrons. The van der Waals surface area contributed by atoms with Crippen LogP contribution in [0.25, 0.3) is 16.5 Å². The predicted octanol–water partition coefficient (Wildman–Crippen LogP) is -1.60. The monoisotopic (exact) mass is 305 g/mol. The molecular weight excluding hydrogens is 289 g/mol. The van der Waals surface area contributed by atoms with E-state index in [0.717, 1.165) is 0 Å². The molecule has 1 N–H and O–H groups in total. The normalized spacial score (nSPS) is 8.94. The van der Waals surface area contributed by atoms with Crippen molar-refractivity contribution in [2.45, 2.75) is 26.3 Å². The van der Waals surface area contributed by atoms with Crippen LogP contribution in [0, 0.1) is 0 Å². The Hall–Kier alpha value is 0.0843. The Labute approximate surface area is 131 Å². The number of hydrogen-bond donors (Lipinski definition) is 0. The van der Waals surface area contributed by atoms with Crippen molar-refractivity contribution in [2.24, 2.45) is 0 Å². The van der Waals surface area contributed by atoms with Gasteiger partial charge in [-0.25, -0.2) is 0 Å². The van der Waals surface area contributed by atoms with Crippen molar-refractivity contribution in [1.82, 2.24) is 0 Å². The second-order valence-corrected chi connectivity index (χ2v) is 4.40. The van der Waals surface area contributed by atoms with E-state index in [1.807, 2.05) is 20.8 Å². The van der Waals surface area contributed by atoms with Gasteiger partial charge in [-0.05, 0) is 0 Å². The third-order valence-corrected chi connectivity index (χ3v) is 1.55. The molecule has 2 rings (SSSR count). The summed E-state index contributed by atoms with van der Waals surface area (Å²) in [5.74, 6) is 0. The van der Waals surface area contributed by atoms with Crippen LogP contribution in [0.2, 0.25) is 0 Å². The van der Waals surface area contributed by atoms with Gasteiger partial charge in [0, 0.05) is 0 Å². The predicted molar refractivity (Wildman–Crippen MR) is 63.6 cm³/mol. The Morgan fingerprint density at radius 2 is 1.47 bits per heavy atom. The van der Waals surface area contributed by atoms with Crippen molar-refractivity contribution in [1.29, 1.82) is 0 Å². The minimum Gasteiger partial charge on any atom is -1.00 e. The Morgan fingerprint density at radius 1 is 1.00 bits per heavy atom. The zero-order valence-corrected chi connectivity index (χ0v) is 13.4. The van der Waals surface area contributed by atoms with Crippen molar-refractivity contribution >= 4 is 10.8 Å². The maximum atomic E-state index is 6.94. The molecule has 2 aromatic carbocycles. The van der Waals surface area contributed by atoms with E-state index in [1.165, 1.54) is 10.8 Å². The Morgan fingerprint density at radius 3 is 1.94 bits per heavy atom. The summed E-state index contributed by atoms with van der Waals surface area (Å²) >= 11 is 0.